The molecule has 0 unspecified atom stereocenters. The predicted molar refractivity (Wildman–Crippen MR) is 144 cm³/mol. The van der Waals surface area contributed by atoms with E-state index in [1.54, 1.807) is 30.2 Å². The van der Waals surface area contributed by atoms with Gasteiger partial charge in [-0.05, 0) is 48.4 Å². The normalized spacial score (nSPS) is 19.9. The molecule has 10 heteroatoms. The Balaban J connectivity index is 1.49. The molecule has 8 nitrogen and oxygen atoms in total. The van der Waals surface area contributed by atoms with E-state index in [4.69, 9.17) is 9.84 Å². The van der Waals surface area contributed by atoms with E-state index in [1.807, 2.05) is 17.9 Å². The summed E-state index contributed by atoms with van der Waals surface area (Å²) in [6.45, 7) is 7.30. The summed E-state index contributed by atoms with van der Waals surface area (Å²) in [6, 6.07) is 3.83. The van der Waals surface area contributed by atoms with Crippen LogP contribution in [-0.2, 0) is 29.5 Å². The smallest absolute Gasteiger partial charge is 0.264 e. The molecule has 0 spiro atoms. The summed E-state index contributed by atoms with van der Waals surface area (Å²) >= 11 is 0. The maximum absolute atomic E-state index is 14.5. The van der Waals surface area contributed by atoms with Gasteiger partial charge in [0.1, 0.15) is 0 Å². The third-order valence-corrected chi connectivity index (χ3v) is 8.57. The molecule has 3 aromatic rings. The molecule has 3 aliphatic rings. The van der Waals surface area contributed by atoms with E-state index >= 15 is 0 Å². The van der Waals surface area contributed by atoms with E-state index < -0.39 is 6.43 Å². The number of fused-ring (bicyclic) bond motifs is 2. The number of anilines is 2. The lowest BCUT2D eigenvalue weighted by Crippen LogP contribution is -2.37. The van der Waals surface area contributed by atoms with Gasteiger partial charge in [-0.15, -0.1) is 0 Å². The lowest BCUT2D eigenvalue weighted by Gasteiger charge is -2.36. The fraction of sp³-hybridized carbons (Fsp3) is 0.552. The van der Waals surface area contributed by atoms with E-state index in [-0.39, 0.29) is 23.4 Å². The zero-order chi connectivity index (χ0) is 27.3. The number of alkyl halides is 2. The largest absolute Gasteiger partial charge is 0.381 e. The molecule has 3 aliphatic heterocycles. The maximum atomic E-state index is 14.5. The minimum atomic E-state index is -2.63. The third-order valence-electron chi connectivity index (χ3n) is 8.57. The quantitative estimate of drug-likeness (QED) is 0.428. The van der Waals surface area contributed by atoms with E-state index in [1.165, 1.54) is 5.69 Å². The van der Waals surface area contributed by atoms with Crippen molar-refractivity contribution >= 4 is 17.4 Å². The van der Waals surface area contributed by atoms with Crippen molar-refractivity contribution in [1.29, 1.82) is 0 Å². The fourth-order valence-electron chi connectivity index (χ4n) is 6.37. The SMILES string of the molecule is CCC(=O)N1CCc2c(c(N3CC[C@@H](C)c4cc(-c5cnn(C)c5)c(C(F)F)cc43)nn2C2CCOCC2)C1. The number of carbonyl (C=O) groups is 1. The molecule has 1 saturated heterocycles. The zero-order valence-corrected chi connectivity index (χ0v) is 22.9. The van der Waals surface area contributed by atoms with Gasteiger partial charge in [-0.3, -0.25) is 14.2 Å². The summed E-state index contributed by atoms with van der Waals surface area (Å²) < 4.78 is 38.4. The summed E-state index contributed by atoms with van der Waals surface area (Å²) in [6.07, 6.45) is 4.66. The molecule has 0 aliphatic carbocycles. The molecule has 0 bridgehead atoms. The van der Waals surface area contributed by atoms with Gasteiger partial charge in [0.2, 0.25) is 5.91 Å². The first kappa shape index (κ1) is 26.0. The summed E-state index contributed by atoms with van der Waals surface area (Å²) in [5.41, 5.74) is 5.26. The number of ether oxygens (including phenoxy) is 1. The highest BCUT2D eigenvalue weighted by atomic mass is 19.3. The van der Waals surface area contributed by atoms with Crippen molar-refractivity contribution in [3.63, 3.8) is 0 Å². The van der Waals surface area contributed by atoms with Gasteiger partial charge in [0, 0.05) is 80.5 Å². The van der Waals surface area contributed by atoms with Crippen molar-refractivity contribution in [2.75, 3.05) is 31.2 Å². The van der Waals surface area contributed by atoms with E-state index in [0.29, 0.717) is 50.4 Å². The van der Waals surface area contributed by atoms with E-state index in [9.17, 15) is 13.6 Å². The van der Waals surface area contributed by atoms with Crippen LogP contribution in [0.5, 0.6) is 0 Å². The second-order valence-electron chi connectivity index (χ2n) is 11.0. The fourth-order valence-corrected chi connectivity index (χ4v) is 6.37. The first-order valence-electron chi connectivity index (χ1n) is 14.0. The number of rotatable bonds is 5. The number of aromatic nitrogens is 4. The molecule has 2 aromatic heterocycles. The Morgan fingerprint density at radius 1 is 1.18 bits per heavy atom. The number of aryl methyl sites for hydroxylation is 1. The van der Waals surface area contributed by atoms with E-state index in [0.717, 1.165) is 48.3 Å². The highest BCUT2D eigenvalue weighted by molar-refractivity contribution is 5.79. The Morgan fingerprint density at radius 2 is 1.97 bits per heavy atom. The number of halogens is 2. The van der Waals surface area contributed by atoms with Gasteiger partial charge >= 0.3 is 0 Å². The van der Waals surface area contributed by atoms with Crippen molar-refractivity contribution in [3.8, 4) is 11.1 Å². The number of hydrogen-bond acceptors (Lipinski definition) is 5. The lowest BCUT2D eigenvalue weighted by molar-refractivity contribution is -0.131. The minimum Gasteiger partial charge on any atom is -0.381 e. The average molecular weight is 539 g/mol. The highest BCUT2D eigenvalue weighted by Gasteiger charge is 2.35. The van der Waals surface area contributed by atoms with Crippen molar-refractivity contribution < 1.29 is 18.3 Å². The standard InChI is InChI=1S/C29H36F2N6O2/c1-4-27(38)35-9-6-25-24(17-35)29(33-37(25)20-7-11-39-12-8-20)36-10-5-18(2)21-13-22(19-15-32-34(3)16-19)23(28(30)31)14-26(21)36/h13-16,18,20,28H,4-12,17H2,1-3H3/t18-/m1/s1. The Labute approximate surface area is 227 Å². The van der Waals surface area contributed by atoms with Gasteiger partial charge in [-0.25, -0.2) is 8.78 Å². The van der Waals surface area contributed by atoms with Gasteiger partial charge < -0.3 is 14.5 Å². The molecule has 0 radical (unpaired) electrons. The van der Waals surface area contributed by atoms with Crippen LogP contribution in [0, 0.1) is 0 Å². The van der Waals surface area contributed by atoms with Crippen LogP contribution in [0.15, 0.2) is 24.5 Å². The molecule has 1 aromatic carbocycles. The molecule has 1 fully saturated rings. The topological polar surface area (TPSA) is 68.4 Å². The first-order valence-corrected chi connectivity index (χ1v) is 14.0. The van der Waals surface area contributed by atoms with Crippen LogP contribution < -0.4 is 4.90 Å². The molecule has 6 rings (SSSR count). The zero-order valence-electron chi connectivity index (χ0n) is 22.9. The van der Waals surface area contributed by atoms with Crippen LogP contribution in [0.1, 0.15) is 80.3 Å². The van der Waals surface area contributed by atoms with Crippen molar-refractivity contribution in [2.24, 2.45) is 7.05 Å². The Bertz CT molecular complexity index is 1380. The molecular weight excluding hydrogens is 502 g/mol. The number of benzene rings is 1. The van der Waals surface area contributed by atoms with Crippen LogP contribution in [0.3, 0.4) is 0 Å². The van der Waals surface area contributed by atoms with Crippen molar-refractivity contribution in [2.45, 2.75) is 70.9 Å². The highest BCUT2D eigenvalue weighted by Crippen LogP contribution is 2.46. The Kier molecular flexibility index (Phi) is 6.91. The number of amides is 1. The summed E-state index contributed by atoms with van der Waals surface area (Å²) in [5, 5.41) is 9.41. The van der Waals surface area contributed by atoms with Gasteiger partial charge in [0.05, 0.1) is 18.8 Å². The monoisotopic (exact) mass is 538 g/mol. The van der Waals surface area contributed by atoms with Crippen LogP contribution >= 0.6 is 0 Å². The van der Waals surface area contributed by atoms with Crippen LogP contribution in [0.2, 0.25) is 0 Å². The van der Waals surface area contributed by atoms with Gasteiger partial charge in [-0.2, -0.15) is 10.2 Å². The third kappa shape index (κ3) is 4.62. The summed E-state index contributed by atoms with van der Waals surface area (Å²) in [7, 11) is 1.79. The second-order valence-corrected chi connectivity index (χ2v) is 11.0. The molecule has 5 heterocycles. The minimum absolute atomic E-state index is 0.00127. The molecule has 1 amide bonds. The van der Waals surface area contributed by atoms with Gasteiger partial charge in [0.25, 0.3) is 6.43 Å². The molecule has 0 N–H and O–H groups in total. The van der Waals surface area contributed by atoms with Gasteiger partial charge in [0.15, 0.2) is 5.82 Å². The van der Waals surface area contributed by atoms with Crippen molar-refractivity contribution in [1.82, 2.24) is 24.5 Å². The van der Waals surface area contributed by atoms with Gasteiger partial charge in [-0.1, -0.05) is 13.8 Å². The maximum Gasteiger partial charge on any atom is 0.264 e. The lowest BCUT2D eigenvalue weighted by atomic mass is 9.87. The predicted octanol–water partition coefficient (Wildman–Crippen LogP) is 5.51. The van der Waals surface area contributed by atoms with Crippen LogP contribution in [0.25, 0.3) is 11.1 Å². The Morgan fingerprint density at radius 3 is 2.67 bits per heavy atom. The molecule has 39 heavy (non-hydrogen) atoms. The second kappa shape index (κ2) is 10.4. The van der Waals surface area contributed by atoms with Crippen molar-refractivity contribution in [3.05, 3.63) is 46.9 Å². The Hall–Kier alpha value is -3.27. The number of hydrogen-bond donors (Lipinski definition) is 0. The number of carbonyl (C=O) groups excluding carboxylic acids is 1. The van der Waals surface area contributed by atoms with E-state index in [2.05, 4.69) is 21.6 Å². The number of nitrogens with zero attached hydrogens (tertiary/aromatic N) is 6. The molecular formula is C29H36F2N6O2. The first-order chi connectivity index (χ1) is 18.9. The van der Waals surface area contributed by atoms with Crippen LogP contribution in [0.4, 0.5) is 20.3 Å². The molecule has 0 saturated carbocycles. The average Bonchev–Trinajstić information content (AvgIpc) is 3.56. The van der Waals surface area contributed by atoms with Crippen LogP contribution in [-0.4, -0.2) is 56.7 Å². The summed E-state index contributed by atoms with van der Waals surface area (Å²) in [5.74, 6) is 1.14. The molecule has 208 valence electrons. The molecule has 1 atom stereocenters. The summed E-state index contributed by atoms with van der Waals surface area (Å²) in [4.78, 5) is 16.7.